The Bertz CT molecular complexity index is 160. The Labute approximate surface area is 125 Å². The summed E-state index contributed by atoms with van der Waals surface area (Å²) in [6, 6.07) is 0. The summed E-state index contributed by atoms with van der Waals surface area (Å²) in [5.74, 6) is -0.657. The molecule has 17 heavy (non-hydrogen) atoms. The third-order valence-corrected chi connectivity index (χ3v) is 2.99. The minimum Gasteiger partial charge on any atom is -0.481 e. The van der Waals surface area contributed by atoms with Gasteiger partial charge >= 0.3 is 5.97 Å². The predicted octanol–water partition coefficient (Wildman–Crippen LogP) is 4.39. The minimum absolute atomic E-state index is 0. The van der Waals surface area contributed by atoms with E-state index in [4.69, 9.17) is 5.11 Å². The molecule has 0 spiro atoms. The van der Waals surface area contributed by atoms with Crippen LogP contribution in [0.25, 0.3) is 0 Å². The van der Waals surface area contributed by atoms with Gasteiger partial charge < -0.3 is 5.11 Å². The third kappa shape index (κ3) is 18.9. The van der Waals surface area contributed by atoms with Crippen LogP contribution in [0, 0.1) is 0 Å². The molecule has 0 aromatic rings. The predicted molar refractivity (Wildman–Crippen MR) is 74.5 cm³/mol. The van der Waals surface area contributed by atoms with Gasteiger partial charge in [-0.05, 0) is 6.42 Å². The van der Waals surface area contributed by atoms with Gasteiger partial charge in [-0.3, -0.25) is 4.79 Å². The average Bonchev–Trinajstić information content (AvgIpc) is 2.25. The van der Waals surface area contributed by atoms with Gasteiger partial charge in [0.15, 0.2) is 0 Å². The van der Waals surface area contributed by atoms with Gasteiger partial charge in [-0.25, -0.2) is 0 Å². The van der Waals surface area contributed by atoms with Crippen LogP contribution in [0.3, 0.4) is 0 Å². The van der Waals surface area contributed by atoms with Crippen molar-refractivity contribution in [1.29, 1.82) is 0 Å². The van der Waals surface area contributed by atoms with Crippen molar-refractivity contribution in [2.45, 2.75) is 84.0 Å². The molecule has 0 fully saturated rings. The van der Waals surface area contributed by atoms with Gasteiger partial charge in [-0.1, -0.05) is 71.1 Å². The molecule has 0 aliphatic carbocycles. The normalized spacial score (nSPS) is 9.94. The van der Waals surface area contributed by atoms with E-state index in [2.05, 4.69) is 6.92 Å². The minimum atomic E-state index is -0.657. The number of hydrogen-bond donors (Lipinski definition) is 1. The Morgan fingerprint density at radius 2 is 1.12 bits per heavy atom. The molecule has 0 aromatic heterocycles. The van der Waals surface area contributed by atoms with E-state index >= 15 is 0 Å². The molecule has 3 radical (unpaired) electrons. The fraction of sp³-hybridized carbons (Fsp3) is 0.929. The van der Waals surface area contributed by atoms with Crippen molar-refractivity contribution < 1.29 is 9.90 Å². The molecule has 0 aliphatic heterocycles. The number of carboxylic acid groups (broad SMARTS) is 1. The Hall–Kier alpha value is 0.340. The molecule has 2 nitrogen and oxygen atoms in total. The van der Waals surface area contributed by atoms with Crippen molar-refractivity contribution in [2.75, 3.05) is 0 Å². The molecule has 0 saturated carbocycles. The molecule has 99 valence electrons. The fourth-order valence-electron chi connectivity index (χ4n) is 1.94. The maximum Gasteiger partial charge on any atom is 0.303 e. The van der Waals surface area contributed by atoms with Crippen molar-refractivity contribution >= 4 is 31.8 Å². The third-order valence-electron chi connectivity index (χ3n) is 2.99. The average molecular weight is 343 g/mol. The molecule has 0 aliphatic rings. The van der Waals surface area contributed by atoms with Crippen LogP contribution in [0.1, 0.15) is 84.0 Å². The van der Waals surface area contributed by atoms with E-state index in [0.717, 1.165) is 12.8 Å². The van der Waals surface area contributed by atoms with Crippen LogP contribution in [0.2, 0.25) is 0 Å². The van der Waals surface area contributed by atoms with Gasteiger partial charge in [0.25, 0.3) is 0 Å². The second-order valence-electron chi connectivity index (χ2n) is 4.68. The molecule has 3 heteroatoms. The Morgan fingerprint density at radius 1 is 0.765 bits per heavy atom. The Balaban J connectivity index is 0. The molecular formula is C14H28InO2. The van der Waals surface area contributed by atoms with Crippen molar-refractivity contribution in [3.8, 4) is 0 Å². The SMILES string of the molecule is CCCCCCCCCCCCCC(=O)O.[In]. The summed E-state index contributed by atoms with van der Waals surface area (Å²) in [6.07, 6.45) is 14.4. The first-order valence-corrected chi connectivity index (χ1v) is 6.99. The van der Waals surface area contributed by atoms with Crippen LogP contribution < -0.4 is 0 Å². The van der Waals surface area contributed by atoms with Crippen molar-refractivity contribution in [1.82, 2.24) is 0 Å². The van der Waals surface area contributed by atoms with Gasteiger partial charge in [0.1, 0.15) is 0 Å². The van der Waals surface area contributed by atoms with Gasteiger partial charge in [0.2, 0.25) is 0 Å². The van der Waals surface area contributed by atoms with E-state index < -0.39 is 5.97 Å². The topological polar surface area (TPSA) is 37.3 Å². The van der Waals surface area contributed by atoms with E-state index in [0.29, 0.717) is 6.42 Å². The van der Waals surface area contributed by atoms with Gasteiger partial charge in [-0.2, -0.15) is 0 Å². The zero-order valence-corrected chi connectivity index (χ0v) is 14.7. The van der Waals surface area contributed by atoms with Crippen LogP contribution >= 0.6 is 0 Å². The van der Waals surface area contributed by atoms with Crippen LogP contribution in [-0.2, 0) is 4.79 Å². The molecule has 0 atom stereocenters. The summed E-state index contributed by atoms with van der Waals surface area (Å²) >= 11 is 0. The zero-order chi connectivity index (χ0) is 12.1. The summed E-state index contributed by atoms with van der Waals surface area (Å²) in [6.45, 7) is 2.25. The molecule has 0 bridgehead atoms. The van der Waals surface area contributed by atoms with Crippen molar-refractivity contribution in [2.24, 2.45) is 0 Å². The smallest absolute Gasteiger partial charge is 0.303 e. The first-order valence-electron chi connectivity index (χ1n) is 6.99. The first kappa shape index (κ1) is 19.7. The number of rotatable bonds is 12. The largest absolute Gasteiger partial charge is 0.481 e. The van der Waals surface area contributed by atoms with E-state index in [9.17, 15) is 4.79 Å². The molecule has 0 heterocycles. The second-order valence-corrected chi connectivity index (χ2v) is 4.68. The van der Waals surface area contributed by atoms with Gasteiger partial charge in [-0.15, -0.1) is 0 Å². The summed E-state index contributed by atoms with van der Waals surface area (Å²) in [5, 5.41) is 8.46. The number of unbranched alkanes of at least 4 members (excludes halogenated alkanes) is 10. The summed E-state index contributed by atoms with van der Waals surface area (Å²) in [7, 11) is 0. The molecule has 0 aromatic carbocycles. The van der Waals surface area contributed by atoms with Gasteiger partial charge in [0.05, 0.1) is 0 Å². The van der Waals surface area contributed by atoms with Crippen LogP contribution in [0.5, 0.6) is 0 Å². The molecule has 0 unspecified atom stereocenters. The number of carboxylic acids is 1. The van der Waals surface area contributed by atoms with E-state index in [-0.39, 0.29) is 25.8 Å². The molecule has 0 amide bonds. The Morgan fingerprint density at radius 3 is 1.47 bits per heavy atom. The van der Waals surface area contributed by atoms with E-state index in [1.807, 2.05) is 0 Å². The maximum atomic E-state index is 10.3. The number of hydrogen-bond acceptors (Lipinski definition) is 1. The first-order chi connectivity index (χ1) is 7.77. The molecule has 0 rings (SSSR count). The van der Waals surface area contributed by atoms with Gasteiger partial charge in [0, 0.05) is 32.3 Å². The number of carbonyl (C=O) groups is 1. The van der Waals surface area contributed by atoms with Crippen LogP contribution in [0.4, 0.5) is 0 Å². The molecule has 1 N–H and O–H groups in total. The summed E-state index contributed by atoms with van der Waals surface area (Å²) in [5.41, 5.74) is 0. The van der Waals surface area contributed by atoms with Crippen LogP contribution in [0.15, 0.2) is 0 Å². The van der Waals surface area contributed by atoms with E-state index in [1.54, 1.807) is 0 Å². The number of aliphatic carboxylic acids is 1. The Kier molecular flexibility index (Phi) is 18.9. The van der Waals surface area contributed by atoms with Crippen molar-refractivity contribution in [3.05, 3.63) is 0 Å². The maximum absolute atomic E-state index is 10.3. The van der Waals surface area contributed by atoms with Crippen LogP contribution in [-0.4, -0.2) is 36.9 Å². The zero-order valence-electron chi connectivity index (χ0n) is 11.4. The van der Waals surface area contributed by atoms with E-state index in [1.165, 1.54) is 57.8 Å². The standard InChI is InChI=1S/C14H28O2.In/c1-2-3-4-5-6-7-8-9-10-11-12-13-14(15)16;/h2-13H2,1H3,(H,15,16);. The monoisotopic (exact) mass is 343 g/mol. The molecular weight excluding hydrogens is 315 g/mol. The summed E-state index contributed by atoms with van der Waals surface area (Å²) < 4.78 is 0. The van der Waals surface area contributed by atoms with Crippen molar-refractivity contribution in [3.63, 3.8) is 0 Å². The quantitative estimate of drug-likeness (QED) is 0.534. The fourth-order valence-corrected chi connectivity index (χ4v) is 1.94. The second kappa shape index (κ2) is 16.3. The summed E-state index contributed by atoms with van der Waals surface area (Å²) in [4.78, 5) is 10.3. The molecule has 0 saturated heterocycles.